The van der Waals surface area contributed by atoms with E-state index in [0.717, 1.165) is 23.6 Å². The highest BCUT2D eigenvalue weighted by atomic mass is 32.2. The number of carbonyl (C=O) groups excluding carboxylic acids is 2. The van der Waals surface area contributed by atoms with E-state index in [1.165, 1.54) is 28.6 Å². The molecule has 0 atom stereocenters. The van der Waals surface area contributed by atoms with Crippen LogP contribution in [0.15, 0.2) is 71.6 Å². The minimum atomic E-state index is -3.50. The standard InChI is InChI=1S/C23H22N2O5S/c26-22(16-30-23(27)19-8-7-17-5-1-2-6-18(17)15-19)24-20-9-11-21(12-10-20)31(28,29)25-13-3-4-14-25/h1-2,5-12,15H,3-4,13-14,16H2,(H,24,26). The van der Waals surface area contributed by atoms with Gasteiger partial charge in [-0.1, -0.05) is 30.3 Å². The summed E-state index contributed by atoms with van der Waals surface area (Å²) < 4.78 is 31.7. The number of anilines is 1. The van der Waals surface area contributed by atoms with Crippen LogP contribution in [-0.4, -0.2) is 44.3 Å². The van der Waals surface area contributed by atoms with E-state index in [2.05, 4.69) is 5.32 Å². The molecule has 1 aliphatic heterocycles. The maximum atomic E-state index is 12.5. The number of nitrogens with zero attached hydrogens (tertiary/aromatic N) is 1. The Morgan fingerprint density at radius 1 is 0.903 bits per heavy atom. The predicted molar refractivity (Wildman–Crippen MR) is 117 cm³/mol. The van der Waals surface area contributed by atoms with Gasteiger partial charge < -0.3 is 10.1 Å². The molecule has 0 radical (unpaired) electrons. The number of hydrogen-bond donors (Lipinski definition) is 1. The molecule has 1 amide bonds. The Morgan fingerprint density at radius 3 is 2.29 bits per heavy atom. The van der Waals surface area contributed by atoms with E-state index >= 15 is 0 Å². The molecule has 0 bridgehead atoms. The third-order valence-electron chi connectivity index (χ3n) is 5.16. The van der Waals surface area contributed by atoms with E-state index in [9.17, 15) is 18.0 Å². The summed E-state index contributed by atoms with van der Waals surface area (Å²) in [5.74, 6) is -1.10. The van der Waals surface area contributed by atoms with Gasteiger partial charge in [-0.3, -0.25) is 4.79 Å². The molecule has 3 aromatic carbocycles. The minimum absolute atomic E-state index is 0.190. The monoisotopic (exact) mass is 438 g/mol. The lowest BCUT2D eigenvalue weighted by Crippen LogP contribution is -2.27. The number of rotatable bonds is 6. The molecule has 0 unspecified atom stereocenters. The molecule has 31 heavy (non-hydrogen) atoms. The van der Waals surface area contributed by atoms with E-state index in [0.29, 0.717) is 24.3 Å². The first-order chi connectivity index (χ1) is 14.9. The number of benzene rings is 3. The Kier molecular flexibility index (Phi) is 6.01. The van der Waals surface area contributed by atoms with Gasteiger partial charge in [0.1, 0.15) is 0 Å². The van der Waals surface area contributed by atoms with E-state index in [4.69, 9.17) is 4.74 Å². The molecule has 1 aliphatic rings. The number of amides is 1. The Morgan fingerprint density at radius 2 is 1.58 bits per heavy atom. The molecule has 0 aliphatic carbocycles. The van der Waals surface area contributed by atoms with Crippen LogP contribution in [0, 0.1) is 0 Å². The zero-order valence-electron chi connectivity index (χ0n) is 16.8. The number of carbonyl (C=O) groups is 2. The first-order valence-corrected chi connectivity index (χ1v) is 11.4. The van der Waals surface area contributed by atoms with Crippen molar-refractivity contribution < 1.29 is 22.7 Å². The first kappa shape index (κ1) is 21.0. The number of fused-ring (bicyclic) bond motifs is 1. The van der Waals surface area contributed by atoms with Crippen molar-refractivity contribution in [3.8, 4) is 0 Å². The first-order valence-electron chi connectivity index (χ1n) is 9.99. The van der Waals surface area contributed by atoms with Gasteiger partial charge in [-0.25, -0.2) is 13.2 Å². The van der Waals surface area contributed by atoms with Crippen LogP contribution in [0.25, 0.3) is 10.8 Å². The largest absolute Gasteiger partial charge is 0.452 e. The van der Waals surface area contributed by atoms with E-state index < -0.39 is 28.5 Å². The average molecular weight is 439 g/mol. The Balaban J connectivity index is 1.33. The molecule has 3 aromatic rings. The fraction of sp³-hybridized carbons (Fsp3) is 0.217. The van der Waals surface area contributed by atoms with Gasteiger partial charge in [0.25, 0.3) is 5.91 Å². The molecule has 0 spiro atoms. The summed E-state index contributed by atoms with van der Waals surface area (Å²) in [6.45, 7) is 0.617. The van der Waals surface area contributed by atoms with Gasteiger partial charge >= 0.3 is 5.97 Å². The fourth-order valence-corrected chi connectivity index (χ4v) is 5.03. The fourth-order valence-electron chi connectivity index (χ4n) is 3.52. The topological polar surface area (TPSA) is 92.8 Å². The maximum Gasteiger partial charge on any atom is 0.338 e. The number of ether oxygens (including phenoxy) is 1. The highest BCUT2D eigenvalue weighted by molar-refractivity contribution is 7.89. The van der Waals surface area contributed by atoms with Gasteiger partial charge in [0.15, 0.2) is 6.61 Å². The van der Waals surface area contributed by atoms with Gasteiger partial charge in [-0.15, -0.1) is 0 Å². The number of hydrogen-bond acceptors (Lipinski definition) is 5. The Bertz CT molecular complexity index is 1220. The predicted octanol–water partition coefficient (Wildman–Crippen LogP) is 3.42. The zero-order chi connectivity index (χ0) is 21.8. The smallest absolute Gasteiger partial charge is 0.338 e. The molecule has 0 saturated carbocycles. The normalized spacial score (nSPS) is 14.5. The molecule has 1 saturated heterocycles. The lowest BCUT2D eigenvalue weighted by Gasteiger charge is -2.15. The number of esters is 1. The van der Waals surface area contributed by atoms with Gasteiger partial charge in [-0.2, -0.15) is 4.31 Å². The van der Waals surface area contributed by atoms with Crippen molar-refractivity contribution in [1.82, 2.24) is 4.31 Å². The van der Waals surface area contributed by atoms with E-state index in [1.54, 1.807) is 12.1 Å². The molecular formula is C23H22N2O5S. The Hall–Kier alpha value is -3.23. The maximum absolute atomic E-state index is 12.5. The second-order valence-electron chi connectivity index (χ2n) is 7.32. The third-order valence-corrected chi connectivity index (χ3v) is 7.07. The second-order valence-corrected chi connectivity index (χ2v) is 9.26. The van der Waals surface area contributed by atoms with Crippen LogP contribution in [0.5, 0.6) is 0 Å². The summed E-state index contributed by atoms with van der Waals surface area (Å²) in [4.78, 5) is 24.6. The van der Waals surface area contributed by atoms with Gasteiger partial charge in [0.2, 0.25) is 10.0 Å². The summed E-state index contributed by atoms with van der Waals surface area (Å²) in [5, 5.41) is 4.52. The lowest BCUT2D eigenvalue weighted by atomic mass is 10.1. The molecule has 160 valence electrons. The van der Waals surface area contributed by atoms with Crippen LogP contribution in [-0.2, 0) is 19.6 Å². The van der Waals surface area contributed by atoms with Crippen LogP contribution >= 0.6 is 0 Å². The van der Waals surface area contributed by atoms with Crippen molar-refractivity contribution in [3.63, 3.8) is 0 Å². The Labute approximate surface area is 180 Å². The average Bonchev–Trinajstić information content (AvgIpc) is 3.33. The molecule has 1 heterocycles. The zero-order valence-corrected chi connectivity index (χ0v) is 17.6. The second kappa shape index (κ2) is 8.87. The minimum Gasteiger partial charge on any atom is -0.452 e. The summed E-state index contributed by atoms with van der Waals surface area (Å²) in [6.07, 6.45) is 1.73. The quantitative estimate of drug-likeness (QED) is 0.596. The van der Waals surface area contributed by atoms with Crippen molar-refractivity contribution in [2.45, 2.75) is 17.7 Å². The number of sulfonamides is 1. The molecule has 4 rings (SSSR count). The highest BCUT2D eigenvalue weighted by Gasteiger charge is 2.26. The van der Waals surface area contributed by atoms with Gasteiger partial charge in [-0.05, 0) is 60.0 Å². The van der Waals surface area contributed by atoms with Crippen LogP contribution in [0.3, 0.4) is 0 Å². The van der Waals surface area contributed by atoms with Crippen LogP contribution in [0.1, 0.15) is 23.2 Å². The van der Waals surface area contributed by atoms with Crippen molar-refractivity contribution in [3.05, 3.63) is 72.3 Å². The molecule has 7 nitrogen and oxygen atoms in total. The summed E-state index contributed by atoms with van der Waals surface area (Å²) in [6, 6.07) is 18.8. The van der Waals surface area contributed by atoms with Crippen molar-refractivity contribution >= 4 is 38.4 Å². The van der Waals surface area contributed by atoms with Crippen molar-refractivity contribution in [2.24, 2.45) is 0 Å². The third kappa shape index (κ3) is 4.76. The van der Waals surface area contributed by atoms with Crippen LogP contribution in [0.4, 0.5) is 5.69 Å². The van der Waals surface area contributed by atoms with Crippen molar-refractivity contribution in [2.75, 3.05) is 25.0 Å². The molecular weight excluding hydrogens is 416 g/mol. The summed E-state index contributed by atoms with van der Waals surface area (Å²) in [7, 11) is -3.50. The molecule has 8 heteroatoms. The van der Waals surface area contributed by atoms with Crippen molar-refractivity contribution in [1.29, 1.82) is 0 Å². The number of nitrogens with one attached hydrogen (secondary N) is 1. The highest BCUT2D eigenvalue weighted by Crippen LogP contribution is 2.22. The van der Waals surface area contributed by atoms with Crippen LogP contribution < -0.4 is 5.32 Å². The van der Waals surface area contributed by atoms with E-state index in [-0.39, 0.29) is 4.90 Å². The lowest BCUT2D eigenvalue weighted by molar-refractivity contribution is -0.119. The SMILES string of the molecule is O=C(COC(=O)c1ccc2ccccc2c1)Nc1ccc(S(=O)(=O)N2CCCC2)cc1. The molecule has 1 fully saturated rings. The summed E-state index contributed by atoms with van der Waals surface area (Å²) >= 11 is 0. The van der Waals surface area contributed by atoms with Gasteiger partial charge in [0, 0.05) is 18.8 Å². The van der Waals surface area contributed by atoms with Crippen LogP contribution in [0.2, 0.25) is 0 Å². The van der Waals surface area contributed by atoms with Gasteiger partial charge in [0.05, 0.1) is 10.5 Å². The summed E-state index contributed by atoms with van der Waals surface area (Å²) in [5.41, 5.74) is 0.787. The molecule has 0 aromatic heterocycles. The van der Waals surface area contributed by atoms with E-state index in [1.807, 2.05) is 30.3 Å². The molecule has 1 N–H and O–H groups in total.